The molecule has 30 heavy (non-hydrogen) atoms. The van der Waals surface area contributed by atoms with Crippen LogP contribution < -0.4 is 21.5 Å². The average molecular weight is 452 g/mol. The number of hydrogen-bond donors (Lipinski definition) is 3. The minimum absolute atomic E-state index is 0.0791. The number of aromatic hydroxyl groups is 1. The fourth-order valence-electron chi connectivity index (χ4n) is 2.87. The fraction of sp³-hybridized carbons (Fsp3) is 0.300. The molecule has 0 aliphatic rings. The Morgan fingerprint density at radius 2 is 1.93 bits per heavy atom. The number of anilines is 3. The maximum absolute atomic E-state index is 12.2. The van der Waals surface area contributed by atoms with E-state index in [1.807, 2.05) is 26.0 Å². The molecule has 3 rings (SSSR count). The minimum Gasteiger partial charge on any atom is -0.505 e. The monoisotopic (exact) mass is 451 g/mol. The first-order chi connectivity index (χ1) is 14.3. The van der Waals surface area contributed by atoms with Crippen LogP contribution in [0.3, 0.4) is 0 Å². The van der Waals surface area contributed by atoms with Gasteiger partial charge in [0.05, 0.1) is 28.8 Å². The van der Waals surface area contributed by atoms with Gasteiger partial charge in [-0.15, -0.1) is 4.47 Å². The highest BCUT2D eigenvalue weighted by Gasteiger charge is 2.26. The summed E-state index contributed by atoms with van der Waals surface area (Å²) in [5, 5.41) is 16.9. The molecule has 1 heterocycles. The highest BCUT2D eigenvalue weighted by molar-refractivity contribution is 7.97. The van der Waals surface area contributed by atoms with Crippen molar-refractivity contribution in [1.82, 2.24) is 4.47 Å². The first-order valence-corrected chi connectivity index (χ1v) is 10.3. The van der Waals surface area contributed by atoms with Crippen LogP contribution >= 0.6 is 23.5 Å². The Morgan fingerprint density at radius 3 is 2.53 bits per heavy atom. The van der Waals surface area contributed by atoms with Crippen molar-refractivity contribution in [1.29, 1.82) is 0 Å². The summed E-state index contributed by atoms with van der Waals surface area (Å²) in [6.07, 6.45) is 0.640. The molecule has 0 spiro atoms. The summed E-state index contributed by atoms with van der Waals surface area (Å²) in [5.74, 6) is 1.26. The van der Waals surface area contributed by atoms with Gasteiger partial charge < -0.3 is 20.2 Å². The third-order valence-electron chi connectivity index (χ3n) is 4.56. The third kappa shape index (κ3) is 4.34. The van der Waals surface area contributed by atoms with Crippen LogP contribution in [0.25, 0.3) is 0 Å². The lowest BCUT2D eigenvalue weighted by atomic mass is 10.1. The number of aryl methyl sites for hydroxylation is 1. The average Bonchev–Trinajstić information content (AvgIpc) is 3.17. The molecular weight excluding hydrogens is 430 g/mol. The van der Waals surface area contributed by atoms with Crippen LogP contribution in [0.2, 0.25) is 5.02 Å². The number of phenols is 1. The zero-order valence-electron chi connectivity index (χ0n) is 16.9. The Bertz CT molecular complexity index is 1120. The van der Waals surface area contributed by atoms with Crippen molar-refractivity contribution in [3.63, 3.8) is 0 Å². The molecule has 0 bridgehead atoms. The summed E-state index contributed by atoms with van der Waals surface area (Å²) in [4.78, 5) is 29.8. The topological polar surface area (TPSA) is 104 Å². The lowest BCUT2D eigenvalue weighted by Gasteiger charge is -2.21. The van der Waals surface area contributed by atoms with Crippen molar-refractivity contribution in [3.8, 4) is 5.75 Å². The smallest absolute Gasteiger partial charge is 0.253 e. The second-order valence-electron chi connectivity index (χ2n) is 6.57. The summed E-state index contributed by atoms with van der Waals surface area (Å²) < 4.78 is 7.05. The highest BCUT2D eigenvalue weighted by atomic mass is 35.5. The molecule has 8 nitrogen and oxygen atoms in total. The summed E-state index contributed by atoms with van der Waals surface area (Å²) in [6.45, 7) is 3.77. The van der Waals surface area contributed by atoms with E-state index in [1.165, 1.54) is 17.6 Å². The van der Waals surface area contributed by atoms with E-state index < -0.39 is 10.9 Å². The summed E-state index contributed by atoms with van der Waals surface area (Å²) >= 11 is 7.25. The van der Waals surface area contributed by atoms with E-state index in [2.05, 4.69) is 10.6 Å². The number of nitrogens with zero attached hydrogens (tertiary/aromatic N) is 1. The second kappa shape index (κ2) is 9.13. The van der Waals surface area contributed by atoms with Crippen LogP contribution in [-0.4, -0.2) is 23.7 Å². The third-order valence-corrected chi connectivity index (χ3v) is 5.99. The maximum Gasteiger partial charge on any atom is 0.253 e. The quantitative estimate of drug-likeness (QED) is 0.189. The van der Waals surface area contributed by atoms with Crippen LogP contribution in [0, 0.1) is 6.92 Å². The predicted molar refractivity (Wildman–Crippen MR) is 118 cm³/mol. The first-order valence-electron chi connectivity index (χ1n) is 9.17. The molecule has 3 N–H and O–H groups in total. The molecule has 0 fully saturated rings. The van der Waals surface area contributed by atoms with Gasteiger partial charge in [0.25, 0.3) is 10.9 Å². The normalized spacial score (nSPS) is 12.5. The number of phenolic OH excluding ortho intramolecular Hbond substituents is 1. The van der Waals surface area contributed by atoms with Crippen molar-refractivity contribution in [2.45, 2.75) is 31.2 Å². The van der Waals surface area contributed by atoms with Gasteiger partial charge in [0.2, 0.25) is 0 Å². The lowest BCUT2D eigenvalue weighted by molar-refractivity contribution is -0.0146. The molecule has 1 aromatic heterocycles. The van der Waals surface area contributed by atoms with E-state index in [9.17, 15) is 14.7 Å². The van der Waals surface area contributed by atoms with Crippen LogP contribution in [0.4, 0.5) is 17.1 Å². The van der Waals surface area contributed by atoms with Crippen LogP contribution in [0.5, 0.6) is 5.75 Å². The molecule has 10 heteroatoms. The summed E-state index contributed by atoms with van der Waals surface area (Å²) in [7, 11) is 3.13. The van der Waals surface area contributed by atoms with E-state index in [-0.39, 0.29) is 28.9 Å². The number of hydrogen-bond acceptors (Lipinski definition) is 9. The molecule has 3 aromatic rings. The molecule has 0 saturated heterocycles. The largest absolute Gasteiger partial charge is 0.505 e. The Hall–Kier alpha value is -2.46. The molecule has 160 valence electrons. The number of furan rings is 1. The Kier molecular flexibility index (Phi) is 6.77. The van der Waals surface area contributed by atoms with Crippen LogP contribution in [-0.2, 0) is 4.84 Å². The Labute approximate surface area is 182 Å². The van der Waals surface area contributed by atoms with Gasteiger partial charge in [0.15, 0.2) is 5.75 Å². The van der Waals surface area contributed by atoms with E-state index in [1.54, 1.807) is 13.1 Å². The van der Waals surface area contributed by atoms with Crippen molar-refractivity contribution >= 4 is 40.6 Å². The van der Waals surface area contributed by atoms with E-state index in [0.717, 1.165) is 17.7 Å². The molecule has 0 amide bonds. The van der Waals surface area contributed by atoms with Crippen LogP contribution in [0.15, 0.2) is 43.2 Å². The van der Waals surface area contributed by atoms with E-state index >= 15 is 0 Å². The molecule has 0 aliphatic heterocycles. The van der Waals surface area contributed by atoms with E-state index in [0.29, 0.717) is 22.1 Å². The zero-order valence-corrected chi connectivity index (χ0v) is 18.5. The predicted octanol–water partition coefficient (Wildman–Crippen LogP) is 4.35. The van der Waals surface area contributed by atoms with Gasteiger partial charge in [0.1, 0.15) is 22.9 Å². The lowest BCUT2D eigenvalue weighted by Crippen LogP contribution is -2.37. The van der Waals surface area contributed by atoms with Gasteiger partial charge in [0, 0.05) is 7.05 Å². The van der Waals surface area contributed by atoms with Gasteiger partial charge >= 0.3 is 0 Å². The SMILES string of the molecule is CC[C@@H](Nc1c(Nc2ccc(Cl)c(SN(C)OC)c2O)c(=O)c1=O)c1ccc(C)o1. The number of halogens is 1. The summed E-state index contributed by atoms with van der Waals surface area (Å²) in [6, 6.07) is 6.50. The number of rotatable bonds is 9. The highest BCUT2D eigenvalue weighted by Crippen LogP contribution is 2.42. The molecular formula is C20H22ClN3O5S. The van der Waals surface area contributed by atoms with Gasteiger partial charge in [-0.3, -0.25) is 14.4 Å². The second-order valence-corrected chi connectivity index (χ2v) is 8.09. The first kappa shape index (κ1) is 22.2. The molecule has 1 atom stereocenters. The van der Waals surface area contributed by atoms with Gasteiger partial charge in [-0.1, -0.05) is 18.5 Å². The molecule has 0 saturated carbocycles. The number of hydroxylamine groups is 1. The van der Waals surface area contributed by atoms with Crippen LogP contribution in [0.1, 0.15) is 30.9 Å². The molecule has 0 aliphatic carbocycles. The Morgan fingerprint density at radius 1 is 1.23 bits per heavy atom. The molecule has 0 unspecified atom stereocenters. The van der Waals surface area contributed by atoms with Crippen molar-refractivity contribution in [3.05, 3.63) is 61.3 Å². The van der Waals surface area contributed by atoms with E-state index in [4.69, 9.17) is 20.9 Å². The minimum atomic E-state index is -0.666. The van der Waals surface area contributed by atoms with Crippen molar-refractivity contribution in [2.24, 2.45) is 0 Å². The molecule has 0 radical (unpaired) electrons. The van der Waals surface area contributed by atoms with Crippen molar-refractivity contribution < 1.29 is 14.4 Å². The number of benzene rings is 1. The van der Waals surface area contributed by atoms with Crippen molar-refractivity contribution in [2.75, 3.05) is 24.8 Å². The maximum atomic E-state index is 12.2. The zero-order chi connectivity index (χ0) is 22.0. The Balaban J connectivity index is 1.89. The fourth-order valence-corrected chi connectivity index (χ4v) is 3.81. The molecule has 2 aromatic carbocycles. The van der Waals surface area contributed by atoms with Gasteiger partial charge in [-0.05, 0) is 49.6 Å². The standard InChI is InChI=1S/C20H22ClN3O5S/c1-5-12(14-9-6-10(2)29-14)22-15-16(19(27)18(15)26)23-13-8-7-11(21)20(17(13)25)30-24(3)28-4/h6-9,12,22-23,25H,5H2,1-4H3/t12-/m1/s1. The number of nitrogens with one attached hydrogen (secondary N) is 2. The summed E-state index contributed by atoms with van der Waals surface area (Å²) in [5.41, 5.74) is -0.820. The van der Waals surface area contributed by atoms with Gasteiger partial charge in [-0.25, -0.2) is 0 Å². The van der Waals surface area contributed by atoms with Gasteiger partial charge in [-0.2, -0.15) is 0 Å².